The van der Waals surface area contributed by atoms with E-state index in [-0.39, 0.29) is 11.3 Å². The molecule has 0 bridgehead atoms. The minimum Gasteiger partial charge on any atom is -0.103 e. The Morgan fingerprint density at radius 1 is 1.05 bits per heavy atom. The van der Waals surface area contributed by atoms with Crippen LogP contribution in [0.5, 0.6) is 0 Å². The molecular formula is C22H22. The molecule has 0 nitrogen and oxygen atoms in total. The van der Waals surface area contributed by atoms with Crippen LogP contribution in [0.15, 0.2) is 60.7 Å². The first-order valence-corrected chi connectivity index (χ1v) is 7.89. The second-order valence-corrected chi connectivity index (χ2v) is 5.23. The van der Waals surface area contributed by atoms with Gasteiger partial charge in [-0.2, -0.15) is 0 Å². The van der Waals surface area contributed by atoms with Crippen molar-refractivity contribution < 1.29 is 0 Å². The molecule has 0 spiro atoms. The lowest BCUT2D eigenvalue weighted by Crippen LogP contribution is -2.24. The molecule has 22 heavy (non-hydrogen) atoms. The summed E-state index contributed by atoms with van der Waals surface area (Å²) in [6, 6.07) is 10.3. The first-order valence-electron chi connectivity index (χ1n) is 7.89. The van der Waals surface area contributed by atoms with E-state index in [1.807, 2.05) is 6.07 Å². The van der Waals surface area contributed by atoms with Gasteiger partial charge in [-0.05, 0) is 5.56 Å². The predicted molar refractivity (Wildman–Crippen MR) is 95.8 cm³/mol. The number of hydrogen-bond acceptors (Lipinski definition) is 0. The molecular weight excluding hydrogens is 264 g/mol. The molecule has 0 saturated heterocycles. The third-order valence-electron chi connectivity index (χ3n) is 3.57. The summed E-state index contributed by atoms with van der Waals surface area (Å²) in [7, 11) is 0. The van der Waals surface area contributed by atoms with E-state index in [0.29, 0.717) is 0 Å². The highest BCUT2D eigenvalue weighted by molar-refractivity contribution is 5.54. The van der Waals surface area contributed by atoms with Crippen LogP contribution >= 0.6 is 0 Å². The van der Waals surface area contributed by atoms with Gasteiger partial charge >= 0.3 is 0 Å². The molecule has 2 atom stereocenters. The minimum absolute atomic E-state index is 0.108. The van der Waals surface area contributed by atoms with E-state index in [2.05, 4.69) is 98.3 Å². The Hall–Kier alpha value is -2.44. The molecule has 2 unspecified atom stereocenters. The molecule has 0 heterocycles. The maximum Gasteiger partial charge on any atom is 0.0852 e. The van der Waals surface area contributed by atoms with E-state index in [9.17, 15) is 0 Å². The van der Waals surface area contributed by atoms with E-state index in [4.69, 9.17) is 0 Å². The Bertz CT molecular complexity index is 680. The predicted octanol–water partition coefficient (Wildman–Crippen LogP) is 5.26. The average Bonchev–Trinajstić information content (AvgIpc) is 2.58. The number of benzene rings is 1. The first kappa shape index (κ1) is 15.9. The summed E-state index contributed by atoms with van der Waals surface area (Å²) >= 11 is 0. The summed E-state index contributed by atoms with van der Waals surface area (Å²) < 4.78 is 0. The number of allylic oxidation sites excluding steroid dienone is 5. The fraction of sp³-hybridized carbons (Fsp3) is 0.273. The smallest absolute Gasteiger partial charge is 0.0852 e. The van der Waals surface area contributed by atoms with Crippen molar-refractivity contribution in [3.05, 3.63) is 66.3 Å². The van der Waals surface area contributed by atoms with Gasteiger partial charge in [0.2, 0.25) is 0 Å². The van der Waals surface area contributed by atoms with Crippen LogP contribution in [0.4, 0.5) is 0 Å². The fourth-order valence-electron chi connectivity index (χ4n) is 2.39. The lowest BCUT2D eigenvalue weighted by atomic mass is 9.73. The normalized spacial score (nSPS) is 22.7. The van der Waals surface area contributed by atoms with E-state index in [1.54, 1.807) is 0 Å². The number of hydrogen-bond donors (Lipinski definition) is 0. The van der Waals surface area contributed by atoms with Gasteiger partial charge in [-0.1, -0.05) is 92.5 Å². The quantitative estimate of drug-likeness (QED) is 0.651. The summed E-state index contributed by atoms with van der Waals surface area (Å²) in [5.74, 6) is 13.4. The lowest BCUT2D eigenvalue weighted by molar-refractivity contribution is 0.558. The molecule has 0 heteroatoms. The molecule has 1 aliphatic carbocycles. The van der Waals surface area contributed by atoms with Crippen LogP contribution in [0.3, 0.4) is 0 Å². The molecule has 0 saturated carbocycles. The van der Waals surface area contributed by atoms with Crippen LogP contribution in [0.25, 0.3) is 6.08 Å². The van der Waals surface area contributed by atoms with Crippen LogP contribution in [0, 0.1) is 35.0 Å². The largest absolute Gasteiger partial charge is 0.103 e. The van der Waals surface area contributed by atoms with Crippen LogP contribution in [-0.2, 0) is 0 Å². The number of rotatable bonds is 2. The third-order valence-corrected chi connectivity index (χ3v) is 3.57. The zero-order valence-corrected chi connectivity index (χ0v) is 13.3. The monoisotopic (exact) mass is 286 g/mol. The second-order valence-electron chi connectivity index (χ2n) is 5.23. The van der Waals surface area contributed by atoms with Gasteiger partial charge in [0.1, 0.15) is 0 Å². The molecule has 110 valence electrons. The van der Waals surface area contributed by atoms with Gasteiger partial charge in [0.05, 0.1) is 11.3 Å². The average molecular weight is 286 g/mol. The van der Waals surface area contributed by atoms with Crippen LogP contribution in [0.2, 0.25) is 0 Å². The molecule has 0 aliphatic heterocycles. The molecule has 0 N–H and O–H groups in total. The van der Waals surface area contributed by atoms with Crippen LogP contribution in [-0.4, -0.2) is 0 Å². The summed E-state index contributed by atoms with van der Waals surface area (Å²) in [4.78, 5) is 0. The van der Waals surface area contributed by atoms with Gasteiger partial charge in [-0.3, -0.25) is 0 Å². The molecule has 1 aromatic carbocycles. The molecule has 0 aromatic heterocycles. The third kappa shape index (κ3) is 4.03. The summed E-state index contributed by atoms with van der Waals surface area (Å²) in [6.45, 7) is 4.16. The lowest BCUT2D eigenvalue weighted by Gasteiger charge is -2.28. The van der Waals surface area contributed by atoms with E-state index >= 15 is 0 Å². The van der Waals surface area contributed by atoms with E-state index in [0.717, 1.165) is 12.8 Å². The molecule has 1 aliphatic rings. The zero-order chi connectivity index (χ0) is 15.7. The van der Waals surface area contributed by atoms with Gasteiger partial charge < -0.3 is 0 Å². The van der Waals surface area contributed by atoms with Crippen LogP contribution in [0.1, 0.15) is 32.3 Å². The molecule has 0 fully saturated rings. The first-order chi connectivity index (χ1) is 10.8. The Kier molecular flexibility index (Phi) is 5.88. The topological polar surface area (TPSA) is 0 Å². The molecule has 2 rings (SSSR count). The Morgan fingerprint density at radius 2 is 1.82 bits per heavy atom. The Labute approximate surface area is 134 Å². The standard InChI is InChI=1S/C22H22/c1-3-5-14-21-15-10-11-18-22(21,17-6-4-2)19-16-20-12-8-7-9-13-20/h7-13,15-16,18-19,21H,3-4H2,1-2H3. The van der Waals surface area contributed by atoms with Gasteiger partial charge in [-0.25, -0.2) is 0 Å². The minimum atomic E-state index is -0.331. The van der Waals surface area contributed by atoms with Crippen molar-refractivity contribution in [2.75, 3.05) is 0 Å². The molecule has 0 radical (unpaired) electrons. The SMILES string of the molecule is CCC#CC1C=CC=CC1(C#CCC)C=Cc1ccccc1. The van der Waals surface area contributed by atoms with Gasteiger partial charge in [0, 0.05) is 12.8 Å². The Balaban J connectivity index is 2.40. The van der Waals surface area contributed by atoms with E-state index in [1.165, 1.54) is 5.56 Å². The van der Waals surface area contributed by atoms with Crippen LogP contribution < -0.4 is 0 Å². The maximum atomic E-state index is 3.44. The van der Waals surface area contributed by atoms with Crippen molar-refractivity contribution in [2.45, 2.75) is 26.7 Å². The van der Waals surface area contributed by atoms with Crippen molar-refractivity contribution >= 4 is 6.08 Å². The summed E-state index contributed by atoms with van der Waals surface area (Å²) in [5.41, 5.74) is 0.855. The summed E-state index contributed by atoms with van der Waals surface area (Å²) in [6.07, 6.45) is 14.5. The second kappa shape index (κ2) is 8.11. The van der Waals surface area contributed by atoms with Crippen molar-refractivity contribution in [2.24, 2.45) is 11.3 Å². The highest BCUT2D eigenvalue weighted by Gasteiger charge is 2.31. The van der Waals surface area contributed by atoms with Crippen molar-refractivity contribution in [3.8, 4) is 23.7 Å². The highest BCUT2D eigenvalue weighted by Crippen LogP contribution is 2.35. The van der Waals surface area contributed by atoms with Gasteiger partial charge in [0.15, 0.2) is 0 Å². The van der Waals surface area contributed by atoms with Gasteiger partial charge in [0.25, 0.3) is 0 Å². The highest BCUT2D eigenvalue weighted by atomic mass is 14.3. The molecule has 1 aromatic rings. The zero-order valence-electron chi connectivity index (χ0n) is 13.3. The van der Waals surface area contributed by atoms with Gasteiger partial charge in [-0.15, -0.1) is 11.8 Å². The van der Waals surface area contributed by atoms with E-state index < -0.39 is 0 Å². The van der Waals surface area contributed by atoms with Crippen molar-refractivity contribution in [1.29, 1.82) is 0 Å². The van der Waals surface area contributed by atoms with Crippen molar-refractivity contribution in [3.63, 3.8) is 0 Å². The maximum absolute atomic E-state index is 3.44. The Morgan fingerprint density at radius 3 is 2.55 bits per heavy atom. The molecule has 0 amide bonds. The summed E-state index contributed by atoms with van der Waals surface area (Å²) in [5, 5.41) is 0. The van der Waals surface area contributed by atoms with Crippen molar-refractivity contribution in [1.82, 2.24) is 0 Å². The fourth-order valence-corrected chi connectivity index (χ4v) is 2.39.